The van der Waals surface area contributed by atoms with Gasteiger partial charge in [0.1, 0.15) is 11.9 Å². The lowest BCUT2D eigenvalue weighted by Gasteiger charge is -2.33. The number of nitrogens with zero attached hydrogens (tertiary/aromatic N) is 1. The summed E-state index contributed by atoms with van der Waals surface area (Å²) in [6, 6.07) is 15.5. The smallest absolute Gasteiger partial charge is 0.254 e. The number of halogens is 1. The predicted molar refractivity (Wildman–Crippen MR) is 110 cm³/mol. The number of fused-ring (bicyclic) bond motifs is 1. The van der Waals surface area contributed by atoms with Gasteiger partial charge in [0.15, 0.2) is 0 Å². The van der Waals surface area contributed by atoms with Gasteiger partial charge in [0.05, 0.1) is 0 Å². The Hall–Kier alpha value is -2.69. The Balaban J connectivity index is 1.47. The highest BCUT2D eigenvalue weighted by atomic mass is 19.1. The van der Waals surface area contributed by atoms with Crippen LogP contribution in [0.5, 0.6) is 0 Å². The van der Waals surface area contributed by atoms with Gasteiger partial charge in [-0.3, -0.25) is 9.59 Å². The molecule has 29 heavy (non-hydrogen) atoms. The molecule has 0 spiro atoms. The molecule has 0 aromatic heterocycles. The summed E-state index contributed by atoms with van der Waals surface area (Å²) in [4.78, 5) is 28.1. The molecule has 2 aromatic rings. The summed E-state index contributed by atoms with van der Waals surface area (Å²) in [6.45, 7) is 0.360. The Bertz CT molecular complexity index is 870. The van der Waals surface area contributed by atoms with Crippen LogP contribution in [0.2, 0.25) is 0 Å². The number of nitrogens with one attached hydrogen (secondary N) is 1. The van der Waals surface area contributed by atoms with E-state index in [9.17, 15) is 14.0 Å². The molecule has 2 fully saturated rings. The summed E-state index contributed by atoms with van der Waals surface area (Å²) in [5.41, 5.74) is 1.22. The molecule has 1 N–H and O–H groups in total. The van der Waals surface area contributed by atoms with Crippen molar-refractivity contribution < 1.29 is 14.0 Å². The zero-order chi connectivity index (χ0) is 20.2. The summed E-state index contributed by atoms with van der Waals surface area (Å²) in [7, 11) is 0. The predicted octanol–water partition coefficient (Wildman–Crippen LogP) is 3.96. The maximum absolute atomic E-state index is 13.8. The molecule has 3 atom stereocenters. The van der Waals surface area contributed by atoms with E-state index in [1.54, 1.807) is 18.2 Å². The minimum absolute atomic E-state index is 0.0609. The highest BCUT2D eigenvalue weighted by Gasteiger charge is 2.47. The van der Waals surface area contributed by atoms with Gasteiger partial charge in [-0.1, -0.05) is 49.2 Å². The van der Waals surface area contributed by atoms with Gasteiger partial charge in [-0.2, -0.15) is 0 Å². The topological polar surface area (TPSA) is 49.4 Å². The lowest BCUT2D eigenvalue weighted by atomic mass is 9.84. The van der Waals surface area contributed by atoms with Crippen LogP contribution in [-0.2, 0) is 11.2 Å². The van der Waals surface area contributed by atoms with E-state index >= 15 is 0 Å². The second-order valence-electron chi connectivity index (χ2n) is 8.07. The normalized spacial score (nSPS) is 23.5. The van der Waals surface area contributed by atoms with Crippen LogP contribution in [0, 0.1) is 11.7 Å². The molecule has 0 bridgehead atoms. The molecule has 4 rings (SSSR count). The molecular weight excluding hydrogens is 367 g/mol. The average molecular weight is 394 g/mol. The summed E-state index contributed by atoms with van der Waals surface area (Å²) < 4.78 is 13.8. The van der Waals surface area contributed by atoms with Crippen molar-refractivity contribution in [1.29, 1.82) is 0 Å². The summed E-state index contributed by atoms with van der Waals surface area (Å²) in [5.74, 6) is -0.0532. The largest absolute Gasteiger partial charge is 0.354 e. The van der Waals surface area contributed by atoms with E-state index in [0.29, 0.717) is 30.0 Å². The summed E-state index contributed by atoms with van der Waals surface area (Å²) >= 11 is 0. The van der Waals surface area contributed by atoms with Gasteiger partial charge in [0.25, 0.3) is 5.91 Å². The number of hydrogen-bond donors (Lipinski definition) is 1. The molecule has 1 aliphatic heterocycles. The van der Waals surface area contributed by atoms with Crippen molar-refractivity contribution in [2.75, 3.05) is 6.54 Å². The highest BCUT2D eigenvalue weighted by Crippen LogP contribution is 2.40. The quantitative estimate of drug-likeness (QED) is 0.835. The van der Waals surface area contributed by atoms with Crippen LogP contribution in [0.15, 0.2) is 54.6 Å². The lowest BCUT2D eigenvalue weighted by Crippen LogP contribution is -2.49. The minimum Gasteiger partial charge on any atom is -0.354 e. The van der Waals surface area contributed by atoms with E-state index in [0.717, 1.165) is 32.1 Å². The Morgan fingerprint density at radius 1 is 1.00 bits per heavy atom. The molecule has 152 valence electrons. The fourth-order valence-corrected chi connectivity index (χ4v) is 4.86. The van der Waals surface area contributed by atoms with Crippen molar-refractivity contribution in [1.82, 2.24) is 10.2 Å². The first-order valence-corrected chi connectivity index (χ1v) is 10.5. The van der Waals surface area contributed by atoms with E-state index in [-0.39, 0.29) is 23.7 Å². The number of rotatable bonds is 5. The Kier molecular flexibility index (Phi) is 5.93. The van der Waals surface area contributed by atoms with Crippen LogP contribution in [0.4, 0.5) is 4.39 Å². The van der Waals surface area contributed by atoms with Gasteiger partial charge < -0.3 is 10.2 Å². The van der Waals surface area contributed by atoms with Crippen molar-refractivity contribution in [3.05, 3.63) is 71.5 Å². The zero-order valence-corrected chi connectivity index (χ0v) is 16.5. The third-order valence-corrected chi connectivity index (χ3v) is 6.30. The Morgan fingerprint density at radius 3 is 2.52 bits per heavy atom. The molecule has 5 heteroatoms. The van der Waals surface area contributed by atoms with Crippen LogP contribution in [0.1, 0.15) is 48.0 Å². The van der Waals surface area contributed by atoms with E-state index in [1.807, 2.05) is 35.2 Å². The fourth-order valence-electron chi connectivity index (χ4n) is 4.86. The van der Waals surface area contributed by atoms with E-state index in [2.05, 4.69) is 5.32 Å². The van der Waals surface area contributed by atoms with E-state index in [1.165, 1.54) is 6.07 Å². The van der Waals surface area contributed by atoms with Crippen LogP contribution < -0.4 is 5.32 Å². The minimum atomic E-state index is -0.448. The molecule has 1 saturated heterocycles. The molecule has 1 heterocycles. The molecule has 0 radical (unpaired) electrons. The van der Waals surface area contributed by atoms with Crippen LogP contribution >= 0.6 is 0 Å². The molecule has 3 unspecified atom stereocenters. The van der Waals surface area contributed by atoms with Crippen LogP contribution in [-0.4, -0.2) is 35.3 Å². The number of carbonyl (C=O) groups is 2. The van der Waals surface area contributed by atoms with Crippen molar-refractivity contribution in [2.24, 2.45) is 5.92 Å². The number of carbonyl (C=O) groups excluding carboxylic acids is 2. The molecular formula is C24H27FN2O2. The first-order valence-electron chi connectivity index (χ1n) is 10.5. The fraction of sp³-hybridized carbons (Fsp3) is 0.417. The first kappa shape index (κ1) is 19.6. The van der Waals surface area contributed by atoms with Crippen molar-refractivity contribution in [3.8, 4) is 0 Å². The van der Waals surface area contributed by atoms with Crippen molar-refractivity contribution >= 4 is 11.8 Å². The third kappa shape index (κ3) is 4.19. The Labute approximate surface area is 171 Å². The SMILES string of the molecule is O=C(NCCc1ccccc1F)C1CC2CCCCC2N1C(=O)c1ccccc1. The van der Waals surface area contributed by atoms with Gasteiger partial charge >= 0.3 is 0 Å². The maximum atomic E-state index is 13.8. The monoisotopic (exact) mass is 394 g/mol. The number of hydrogen-bond acceptors (Lipinski definition) is 2. The maximum Gasteiger partial charge on any atom is 0.254 e. The zero-order valence-electron chi connectivity index (χ0n) is 16.5. The third-order valence-electron chi connectivity index (χ3n) is 6.30. The molecule has 2 aromatic carbocycles. The van der Waals surface area contributed by atoms with Crippen molar-refractivity contribution in [3.63, 3.8) is 0 Å². The molecule has 4 nitrogen and oxygen atoms in total. The highest BCUT2D eigenvalue weighted by molar-refractivity contribution is 5.98. The summed E-state index contributed by atoms with van der Waals surface area (Å²) in [5, 5.41) is 2.95. The number of amides is 2. The Morgan fingerprint density at radius 2 is 1.72 bits per heavy atom. The lowest BCUT2D eigenvalue weighted by molar-refractivity contribution is -0.125. The van der Waals surface area contributed by atoms with Gasteiger partial charge in [0, 0.05) is 18.2 Å². The van der Waals surface area contributed by atoms with Crippen LogP contribution in [0.25, 0.3) is 0 Å². The van der Waals surface area contributed by atoms with E-state index < -0.39 is 6.04 Å². The number of benzene rings is 2. The molecule has 1 aliphatic carbocycles. The first-order chi connectivity index (χ1) is 14.1. The summed E-state index contributed by atoms with van der Waals surface area (Å²) in [6.07, 6.45) is 5.45. The van der Waals surface area contributed by atoms with E-state index in [4.69, 9.17) is 0 Å². The average Bonchev–Trinajstić information content (AvgIpc) is 3.15. The van der Waals surface area contributed by atoms with Gasteiger partial charge in [0.2, 0.25) is 5.91 Å². The number of likely N-dealkylation sites (tertiary alicyclic amines) is 1. The molecule has 2 aliphatic rings. The standard InChI is InChI=1S/C24H27FN2O2/c25-20-12-6-4-8-17(20)14-15-26-23(28)22-16-19-11-5-7-13-21(19)27(22)24(29)18-9-2-1-3-10-18/h1-4,6,8-10,12,19,21-22H,5,7,11,13-16H2,(H,26,28). The molecule has 1 saturated carbocycles. The second kappa shape index (κ2) is 8.76. The molecule has 2 amide bonds. The second-order valence-corrected chi connectivity index (χ2v) is 8.07. The van der Waals surface area contributed by atoms with Crippen LogP contribution in [0.3, 0.4) is 0 Å². The van der Waals surface area contributed by atoms with Crippen molar-refractivity contribution in [2.45, 2.75) is 50.6 Å². The van der Waals surface area contributed by atoms with Gasteiger partial charge in [-0.15, -0.1) is 0 Å². The van der Waals surface area contributed by atoms with Gasteiger partial charge in [-0.05, 0) is 55.4 Å². The van der Waals surface area contributed by atoms with Gasteiger partial charge in [-0.25, -0.2) is 4.39 Å².